The number of carbonyl (C=O) groups excluding carboxylic acids is 2. The third-order valence-corrected chi connectivity index (χ3v) is 5.43. The molecule has 2 aromatic rings. The molecule has 28 heavy (non-hydrogen) atoms. The highest BCUT2D eigenvalue weighted by molar-refractivity contribution is 5.97. The summed E-state index contributed by atoms with van der Waals surface area (Å²) >= 11 is 0. The van der Waals surface area contributed by atoms with E-state index in [-0.39, 0.29) is 24.4 Å². The van der Waals surface area contributed by atoms with Crippen molar-refractivity contribution in [1.82, 2.24) is 9.97 Å². The molecule has 1 aromatic carbocycles. The molecule has 0 radical (unpaired) electrons. The molecular weight excluding hydrogens is 354 g/mol. The third-order valence-electron chi connectivity index (χ3n) is 5.43. The van der Waals surface area contributed by atoms with E-state index in [1.165, 1.54) is 0 Å². The molecule has 2 heterocycles. The average Bonchev–Trinajstić information content (AvgIpc) is 2.67. The van der Waals surface area contributed by atoms with Gasteiger partial charge in [-0.2, -0.15) is 0 Å². The van der Waals surface area contributed by atoms with Crippen LogP contribution < -0.4 is 4.90 Å². The van der Waals surface area contributed by atoms with Gasteiger partial charge in [0.25, 0.3) is 0 Å². The summed E-state index contributed by atoms with van der Waals surface area (Å²) in [4.78, 5) is 35.4. The molecule has 1 atom stereocenters. The van der Waals surface area contributed by atoms with Crippen LogP contribution in [0.3, 0.4) is 0 Å². The molecular formula is C22H27N3O3. The van der Waals surface area contributed by atoms with Gasteiger partial charge in [0.2, 0.25) is 5.95 Å². The fraction of sp³-hybridized carbons (Fsp3) is 0.455. The van der Waals surface area contributed by atoms with Crippen molar-refractivity contribution >= 4 is 17.7 Å². The number of aryl methyl sites for hydroxylation is 2. The zero-order valence-corrected chi connectivity index (χ0v) is 17.0. The Morgan fingerprint density at radius 3 is 2.54 bits per heavy atom. The zero-order chi connectivity index (χ0) is 20.3. The summed E-state index contributed by atoms with van der Waals surface area (Å²) in [6.07, 6.45) is 6.06. The van der Waals surface area contributed by atoms with Crippen LogP contribution in [0.1, 0.15) is 58.8 Å². The number of anilines is 1. The molecule has 0 amide bonds. The quantitative estimate of drug-likeness (QED) is 0.581. The van der Waals surface area contributed by atoms with Crippen LogP contribution in [0.5, 0.6) is 0 Å². The number of Topliss-reactive ketones (excluding diaryl/α,β-unsaturated/α-hetero) is 1. The van der Waals surface area contributed by atoms with Gasteiger partial charge < -0.3 is 9.64 Å². The summed E-state index contributed by atoms with van der Waals surface area (Å²) in [6, 6.07) is 3.36. The number of carbonyl (C=O) groups is 2. The minimum Gasteiger partial charge on any atom is -0.459 e. The minimum absolute atomic E-state index is 0.0299. The molecule has 1 unspecified atom stereocenters. The van der Waals surface area contributed by atoms with E-state index in [1.807, 2.05) is 31.7 Å². The lowest BCUT2D eigenvalue weighted by molar-refractivity contribution is -0.147. The highest BCUT2D eigenvalue weighted by Crippen LogP contribution is 2.26. The first-order chi connectivity index (χ1) is 13.4. The predicted octanol–water partition coefficient (Wildman–Crippen LogP) is 3.71. The number of rotatable bonds is 5. The number of nitrogens with zero attached hydrogens (tertiary/aromatic N) is 3. The SMILES string of the molecule is CC(=O)c1c(C)cc(C)c(COC(=O)C2CCCCN2c2ncccn2)c1C. The Hall–Kier alpha value is -2.76. The van der Waals surface area contributed by atoms with Gasteiger partial charge in [-0.1, -0.05) is 6.07 Å². The lowest BCUT2D eigenvalue weighted by Gasteiger charge is -2.34. The lowest BCUT2D eigenvalue weighted by atomic mass is 9.92. The van der Waals surface area contributed by atoms with Crippen molar-refractivity contribution in [2.75, 3.05) is 11.4 Å². The van der Waals surface area contributed by atoms with E-state index >= 15 is 0 Å². The van der Waals surface area contributed by atoms with Crippen molar-refractivity contribution < 1.29 is 14.3 Å². The number of ether oxygens (including phenoxy) is 1. The van der Waals surface area contributed by atoms with Gasteiger partial charge in [0.15, 0.2) is 5.78 Å². The number of piperidine rings is 1. The standard InChI is InChI=1S/C22H27N3O3/c1-14-12-15(2)20(17(4)26)16(3)18(14)13-28-21(27)19-8-5-6-11-25(19)22-23-9-7-10-24-22/h7,9-10,12,19H,5-6,8,11,13H2,1-4H3. The Morgan fingerprint density at radius 1 is 1.14 bits per heavy atom. The van der Waals surface area contributed by atoms with Crippen molar-refractivity contribution in [1.29, 1.82) is 0 Å². The maximum absolute atomic E-state index is 12.9. The largest absolute Gasteiger partial charge is 0.459 e. The Bertz CT molecular complexity index is 880. The van der Waals surface area contributed by atoms with Crippen LogP contribution >= 0.6 is 0 Å². The van der Waals surface area contributed by atoms with E-state index in [1.54, 1.807) is 25.4 Å². The van der Waals surface area contributed by atoms with Gasteiger partial charge in [-0.3, -0.25) is 4.79 Å². The van der Waals surface area contributed by atoms with Gasteiger partial charge in [0, 0.05) is 24.5 Å². The fourth-order valence-corrected chi connectivity index (χ4v) is 4.09. The van der Waals surface area contributed by atoms with Crippen molar-refractivity contribution in [2.24, 2.45) is 0 Å². The summed E-state index contributed by atoms with van der Waals surface area (Å²) in [5, 5.41) is 0. The van der Waals surface area contributed by atoms with Crippen LogP contribution in [0, 0.1) is 20.8 Å². The Balaban J connectivity index is 1.78. The molecule has 3 rings (SSSR count). The maximum Gasteiger partial charge on any atom is 0.329 e. The van der Waals surface area contributed by atoms with Gasteiger partial charge in [0.05, 0.1) is 0 Å². The number of ketones is 1. The average molecular weight is 381 g/mol. The molecule has 148 valence electrons. The van der Waals surface area contributed by atoms with Gasteiger partial charge in [0.1, 0.15) is 12.6 Å². The summed E-state index contributed by atoms with van der Waals surface area (Å²) in [7, 11) is 0. The Morgan fingerprint density at radius 2 is 1.86 bits per heavy atom. The molecule has 0 N–H and O–H groups in total. The molecule has 6 nitrogen and oxygen atoms in total. The van der Waals surface area contributed by atoms with Crippen molar-refractivity contribution in [2.45, 2.75) is 59.6 Å². The first kappa shape index (κ1) is 20.0. The van der Waals surface area contributed by atoms with Crippen LogP contribution in [0.15, 0.2) is 24.5 Å². The number of hydrogen-bond acceptors (Lipinski definition) is 6. The molecule has 1 aromatic heterocycles. The number of benzene rings is 1. The van der Waals surface area contributed by atoms with E-state index in [0.29, 0.717) is 11.5 Å². The molecule has 1 aliphatic rings. The summed E-state index contributed by atoms with van der Waals surface area (Å²) in [6.45, 7) is 8.31. The maximum atomic E-state index is 12.9. The van der Waals surface area contributed by atoms with Crippen LogP contribution in [-0.2, 0) is 16.1 Å². The molecule has 0 spiro atoms. The first-order valence-electron chi connectivity index (χ1n) is 9.71. The number of hydrogen-bond donors (Lipinski definition) is 0. The fourth-order valence-electron chi connectivity index (χ4n) is 4.09. The summed E-state index contributed by atoms with van der Waals surface area (Å²) in [5.41, 5.74) is 4.50. The van der Waals surface area contributed by atoms with Crippen LogP contribution in [0.2, 0.25) is 0 Å². The second-order valence-electron chi connectivity index (χ2n) is 7.41. The van der Waals surface area contributed by atoms with Gasteiger partial charge in [-0.15, -0.1) is 0 Å². The topological polar surface area (TPSA) is 72.4 Å². The zero-order valence-electron chi connectivity index (χ0n) is 17.0. The predicted molar refractivity (Wildman–Crippen MR) is 107 cm³/mol. The summed E-state index contributed by atoms with van der Waals surface area (Å²) < 4.78 is 5.71. The molecule has 1 saturated heterocycles. The Kier molecular flexibility index (Phi) is 6.07. The van der Waals surface area contributed by atoms with E-state index in [2.05, 4.69) is 9.97 Å². The lowest BCUT2D eigenvalue weighted by Crippen LogP contribution is -2.46. The molecule has 6 heteroatoms. The van der Waals surface area contributed by atoms with Gasteiger partial charge in [-0.05, 0) is 75.3 Å². The van der Waals surface area contributed by atoms with Crippen LogP contribution in [0.25, 0.3) is 0 Å². The summed E-state index contributed by atoms with van der Waals surface area (Å²) in [5.74, 6) is 0.323. The molecule has 0 saturated carbocycles. The molecule has 1 aliphatic heterocycles. The van der Waals surface area contributed by atoms with E-state index in [4.69, 9.17) is 4.74 Å². The van der Waals surface area contributed by atoms with Gasteiger partial charge >= 0.3 is 5.97 Å². The Labute approximate surface area is 165 Å². The van der Waals surface area contributed by atoms with Crippen molar-refractivity contribution in [3.8, 4) is 0 Å². The minimum atomic E-state index is -0.380. The van der Waals surface area contributed by atoms with Gasteiger partial charge in [-0.25, -0.2) is 14.8 Å². The van der Waals surface area contributed by atoms with Crippen LogP contribution in [-0.4, -0.2) is 34.3 Å². The third kappa shape index (κ3) is 4.06. The van der Waals surface area contributed by atoms with E-state index in [0.717, 1.165) is 48.1 Å². The highest BCUT2D eigenvalue weighted by Gasteiger charge is 2.32. The monoisotopic (exact) mass is 381 g/mol. The van der Waals surface area contributed by atoms with Crippen molar-refractivity contribution in [3.63, 3.8) is 0 Å². The molecule has 0 aliphatic carbocycles. The first-order valence-corrected chi connectivity index (χ1v) is 9.71. The molecule has 0 bridgehead atoms. The van der Waals surface area contributed by atoms with Crippen LogP contribution in [0.4, 0.5) is 5.95 Å². The number of aromatic nitrogens is 2. The number of esters is 1. The smallest absolute Gasteiger partial charge is 0.329 e. The van der Waals surface area contributed by atoms with E-state index in [9.17, 15) is 9.59 Å². The van der Waals surface area contributed by atoms with Crippen molar-refractivity contribution in [3.05, 3.63) is 52.3 Å². The normalized spacial score (nSPS) is 16.7. The highest BCUT2D eigenvalue weighted by atomic mass is 16.5. The molecule has 1 fully saturated rings. The second kappa shape index (κ2) is 8.50. The van der Waals surface area contributed by atoms with E-state index < -0.39 is 0 Å². The second-order valence-corrected chi connectivity index (χ2v) is 7.41.